The average molecular weight is 398 g/mol. The highest BCUT2D eigenvalue weighted by atomic mass is 31.0. The Bertz CT molecular complexity index is 868. The number of aromatic nitrogens is 1. The molecule has 0 amide bonds. The number of alkyl halides is 2. The standard InChI is InChI=1S/C18H19F3N2OP2/c1-9(22)16-7-14(12-5-3-11(25)6-15(12)19)13-4-2-10(8-18(20,21)26)24-17(13)23-16/h3,5-7,10H,1-2,4,8,22,25-26H2/t10-/m0/s1. The molecule has 138 valence electrons. The maximum atomic E-state index is 14.5. The van der Waals surface area contributed by atoms with Gasteiger partial charge in [-0.25, -0.2) is 18.2 Å². The molecule has 2 unspecified atom stereocenters. The minimum atomic E-state index is -2.92. The normalized spacial score (nSPS) is 16.7. The number of halogens is 3. The predicted octanol–water partition coefficient (Wildman–Crippen LogP) is 3.87. The van der Waals surface area contributed by atoms with Crippen LogP contribution in [0.25, 0.3) is 16.8 Å². The largest absolute Gasteiger partial charge is 0.474 e. The van der Waals surface area contributed by atoms with Gasteiger partial charge in [0.1, 0.15) is 11.9 Å². The summed E-state index contributed by atoms with van der Waals surface area (Å²) in [6.07, 6.45) is -0.241. The molecule has 3 nitrogen and oxygen atoms in total. The summed E-state index contributed by atoms with van der Waals surface area (Å²) in [4.78, 5) is 4.30. The van der Waals surface area contributed by atoms with E-state index in [1.807, 2.05) is 0 Å². The van der Waals surface area contributed by atoms with E-state index < -0.39 is 24.0 Å². The van der Waals surface area contributed by atoms with Gasteiger partial charge in [-0.1, -0.05) is 28.0 Å². The molecule has 8 heteroatoms. The van der Waals surface area contributed by atoms with E-state index in [9.17, 15) is 13.2 Å². The second-order valence-corrected chi connectivity index (χ2v) is 7.86. The number of hydrogen-bond acceptors (Lipinski definition) is 3. The van der Waals surface area contributed by atoms with Crippen molar-refractivity contribution < 1.29 is 17.9 Å². The number of rotatable bonds is 4. The third-order valence-electron chi connectivity index (χ3n) is 4.19. The molecule has 1 aromatic heterocycles. The van der Waals surface area contributed by atoms with E-state index in [1.54, 1.807) is 18.2 Å². The van der Waals surface area contributed by atoms with E-state index in [2.05, 4.69) is 20.8 Å². The topological polar surface area (TPSA) is 48.1 Å². The molecule has 2 heterocycles. The van der Waals surface area contributed by atoms with Crippen molar-refractivity contribution in [1.29, 1.82) is 0 Å². The lowest BCUT2D eigenvalue weighted by Crippen LogP contribution is -2.29. The number of benzene rings is 1. The van der Waals surface area contributed by atoms with Crippen LogP contribution in [0.4, 0.5) is 13.2 Å². The number of fused-ring (bicyclic) bond motifs is 1. The molecule has 2 N–H and O–H groups in total. The van der Waals surface area contributed by atoms with E-state index >= 15 is 0 Å². The van der Waals surface area contributed by atoms with Gasteiger partial charge in [0.05, 0.1) is 17.8 Å². The lowest BCUT2D eigenvalue weighted by molar-refractivity contribution is 0.0335. The Balaban J connectivity index is 2.08. The quantitative estimate of drug-likeness (QED) is 0.796. The molecule has 0 radical (unpaired) electrons. The van der Waals surface area contributed by atoms with E-state index in [1.165, 1.54) is 15.3 Å². The van der Waals surface area contributed by atoms with Gasteiger partial charge in [0.15, 0.2) is 0 Å². The van der Waals surface area contributed by atoms with Crippen LogP contribution < -0.4 is 15.8 Å². The van der Waals surface area contributed by atoms with Crippen LogP contribution in [0.15, 0.2) is 30.8 Å². The van der Waals surface area contributed by atoms with Crippen LogP contribution in [0.3, 0.4) is 0 Å². The maximum Gasteiger partial charge on any atom is 0.262 e. The zero-order valence-electron chi connectivity index (χ0n) is 13.9. The van der Waals surface area contributed by atoms with E-state index in [4.69, 9.17) is 10.5 Å². The maximum absolute atomic E-state index is 14.5. The van der Waals surface area contributed by atoms with Crippen LogP contribution in [0.1, 0.15) is 24.1 Å². The van der Waals surface area contributed by atoms with Crippen molar-refractivity contribution in [1.82, 2.24) is 4.98 Å². The Kier molecular flexibility index (Phi) is 5.28. The summed E-state index contributed by atoms with van der Waals surface area (Å²) in [5.74, 6) is -0.179. The summed E-state index contributed by atoms with van der Waals surface area (Å²) >= 11 is 0. The van der Waals surface area contributed by atoms with Crippen LogP contribution in [0.5, 0.6) is 5.88 Å². The van der Waals surface area contributed by atoms with Gasteiger partial charge < -0.3 is 10.5 Å². The minimum Gasteiger partial charge on any atom is -0.474 e. The molecule has 0 saturated carbocycles. The van der Waals surface area contributed by atoms with Crippen molar-refractivity contribution in [3.63, 3.8) is 0 Å². The fourth-order valence-corrected chi connectivity index (χ4v) is 3.52. The minimum absolute atomic E-state index is 0.194. The molecule has 3 atom stereocenters. The van der Waals surface area contributed by atoms with Crippen molar-refractivity contribution in [2.45, 2.75) is 31.0 Å². The highest BCUT2D eigenvalue weighted by molar-refractivity contribution is 7.27. The summed E-state index contributed by atoms with van der Waals surface area (Å²) < 4.78 is 46.8. The molecule has 3 rings (SSSR count). The zero-order valence-corrected chi connectivity index (χ0v) is 16.2. The first kappa shape index (κ1) is 19.1. The summed E-state index contributed by atoms with van der Waals surface area (Å²) in [5, 5.41) is 0.719. The van der Waals surface area contributed by atoms with Crippen LogP contribution in [-0.2, 0) is 6.42 Å². The fraction of sp³-hybridized carbons (Fsp3) is 0.278. The Morgan fingerprint density at radius 1 is 1.35 bits per heavy atom. The molecule has 0 bridgehead atoms. The number of pyridine rings is 1. The van der Waals surface area contributed by atoms with Crippen LogP contribution in [0, 0.1) is 5.82 Å². The first-order valence-electron chi connectivity index (χ1n) is 8.01. The monoisotopic (exact) mass is 398 g/mol. The average Bonchev–Trinajstić information content (AvgIpc) is 2.52. The summed E-state index contributed by atoms with van der Waals surface area (Å²) in [6, 6.07) is 6.51. The molecule has 1 aromatic carbocycles. The second kappa shape index (κ2) is 7.17. The summed E-state index contributed by atoms with van der Waals surface area (Å²) in [5.41, 5.74) is 5.04. The Hall–Kier alpha value is -1.64. The summed E-state index contributed by atoms with van der Waals surface area (Å²) in [7, 11) is 3.96. The van der Waals surface area contributed by atoms with Gasteiger partial charge in [-0.05, 0) is 35.8 Å². The molecule has 2 aromatic rings. The van der Waals surface area contributed by atoms with Gasteiger partial charge in [0.25, 0.3) is 5.66 Å². The molecule has 0 saturated heterocycles. The Morgan fingerprint density at radius 2 is 2.08 bits per heavy atom. The van der Waals surface area contributed by atoms with Crippen molar-refractivity contribution in [3.8, 4) is 17.0 Å². The molecule has 26 heavy (non-hydrogen) atoms. The van der Waals surface area contributed by atoms with Gasteiger partial charge in [-0.2, -0.15) is 0 Å². The smallest absolute Gasteiger partial charge is 0.262 e. The highest BCUT2D eigenvalue weighted by Crippen LogP contribution is 2.39. The van der Waals surface area contributed by atoms with Crippen LogP contribution >= 0.6 is 18.5 Å². The predicted molar refractivity (Wildman–Crippen MR) is 104 cm³/mol. The molecule has 1 aliphatic rings. The molecular formula is C18H19F3N2OP2. The third kappa shape index (κ3) is 4.19. The van der Waals surface area contributed by atoms with Gasteiger partial charge in [-0.15, -0.1) is 9.24 Å². The SMILES string of the molecule is C=C(N)c1cc(-c2ccc(P)cc2F)c2c(n1)O[C@H](CC(F)(F)P)CC2. The lowest BCUT2D eigenvalue weighted by atomic mass is 9.93. The second-order valence-electron chi connectivity index (χ2n) is 6.35. The van der Waals surface area contributed by atoms with E-state index in [0.29, 0.717) is 35.2 Å². The lowest BCUT2D eigenvalue weighted by Gasteiger charge is -2.29. The van der Waals surface area contributed by atoms with Crippen molar-refractivity contribution in [2.75, 3.05) is 0 Å². The summed E-state index contributed by atoms with van der Waals surface area (Å²) in [6.45, 7) is 3.66. The number of nitrogens with zero attached hydrogens (tertiary/aromatic N) is 1. The van der Waals surface area contributed by atoms with E-state index in [-0.39, 0.29) is 11.6 Å². The number of ether oxygens (including phenoxy) is 1. The van der Waals surface area contributed by atoms with Crippen LogP contribution in [-0.4, -0.2) is 16.8 Å². The molecule has 0 fully saturated rings. The zero-order chi connectivity index (χ0) is 19.1. The van der Waals surface area contributed by atoms with Gasteiger partial charge >= 0.3 is 0 Å². The van der Waals surface area contributed by atoms with E-state index in [0.717, 1.165) is 5.30 Å². The van der Waals surface area contributed by atoms with Gasteiger partial charge in [-0.3, -0.25) is 0 Å². The first-order chi connectivity index (χ1) is 12.1. The third-order valence-corrected chi connectivity index (χ3v) is 4.79. The highest BCUT2D eigenvalue weighted by Gasteiger charge is 2.32. The fourth-order valence-electron chi connectivity index (χ4n) is 3.01. The molecular weight excluding hydrogens is 379 g/mol. The van der Waals surface area contributed by atoms with Crippen molar-refractivity contribution in [3.05, 3.63) is 47.9 Å². The van der Waals surface area contributed by atoms with Gasteiger partial charge in [0, 0.05) is 11.1 Å². The van der Waals surface area contributed by atoms with Gasteiger partial charge in [0.2, 0.25) is 5.88 Å². The van der Waals surface area contributed by atoms with Crippen molar-refractivity contribution >= 4 is 29.5 Å². The first-order valence-corrected chi connectivity index (χ1v) is 9.17. The molecule has 1 aliphatic heterocycles. The molecule has 0 spiro atoms. The Morgan fingerprint density at radius 3 is 2.69 bits per heavy atom. The number of hydrogen-bond donors (Lipinski definition) is 1. The molecule has 0 aliphatic carbocycles. The van der Waals surface area contributed by atoms with Crippen LogP contribution in [0.2, 0.25) is 0 Å². The Labute approximate surface area is 154 Å². The number of nitrogens with two attached hydrogens (primary N) is 1. The van der Waals surface area contributed by atoms with Crippen molar-refractivity contribution in [2.24, 2.45) is 5.73 Å².